The lowest BCUT2D eigenvalue weighted by Gasteiger charge is -2.48. The van der Waals surface area contributed by atoms with Crippen LogP contribution in [0.3, 0.4) is 0 Å². The molecule has 1 aliphatic heterocycles. The molecule has 0 aromatic carbocycles. The van der Waals surface area contributed by atoms with Gasteiger partial charge in [0.1, 0.15) is 18.3 Å². The Morgan fingerprint density at radius 1 is 1.16 bits per heavy atom. The fourth-order valence-corrected chi connectivity index (χ4v) is 2.46. The molecule has 114 valence electrons. The molecule has 1 aliphatic rings. The maximum absolute atomic E-state index is 10.4. The van der Waals surface area contributed by atoms with Crippen LogP contribution >= 0.6 is 0 Å². The zero-order chi connectivity index (χ0) is 15.0. The second kappa shape index (κ2) is 5.66. The summed E-state index contributed by atoms with van der Waals surface area (Å²) < 4.78 is 11.7. The molecule has 5 heteroatoms. The lowest BCUT2D eigenvalue weighted by Crippen LogP contribution is -2.66. The molecule has 5 atom stereocenters. The van der Waals surface area contributed by atoms with Gasteiger partial charge in [-0.1, -0.05) is 20.8 Å². The third-order valence-corrected chi connectivity index (χ3v) is 3.29. The molecule has 1 heterocycles. The first-order valence-electron chi connectivity index (χ1n) is 6.85. The standard InChI is InChI=1S/C14H29NO4/c1-13(2,3)12-9(15)10(17)11(8(7-16)18-12)19-14(4,5)6/h8-12,16-17H,7,15H2,1-6H3. The van der Waals surface area contributed by atoms with Crippen LogP contribution in [0.5, 0.6) is 0 Å². The van der Waals surface area contributed by atoms with Crippen molar-refractivity contribution in [2.75, 3.05) is 6.61 Å². The number of ether oxygens (including phenoxy) is 2. The van der Waals surface area contributed by atoms with Crippen LogP contribution in [0.25, 0.3) is 0 Å². The van der Waals surface area contributed by atoms with Gasteiger partial charge < -0.3 is 25.4 Å². The van der Waals surface area contributed by atoms with Crippen molar-refractivity contribution in [1.29, 1.82) is 0 Å². The topological polar surface area (TPSA) is 84.9 Å². The molecule has 0 aromatic heterocycles. The van der Waals surface area contributed by atoms with Crippen molar-refractivity contribution in [1.82, 2.24) is 0 Å². The number of nitrogens with two attached hydrogens (primary N) is 1. The lowest BCUT2D eigenvalue weighted by atomic mass is 9.79. The highest BCUT2D eigenvalue weighted by molar-refractivity contribution is 4.99. The van der Waals surface area contributed by atoms with E-state index in [0.717, 1.165) is 0 Å². The summed E-state index contributed by atoms with van der Waals surface area (Å²) in [6, 6.07) is -0.532. The van der Waals surface area contributed by atoms with E-state index in [1.807, 2.05) is 41.5 Å². The van der Waals surface area contributed by atoms with Crippen molar-refractivity contribution in [2.24, 2.45) is 11.1 Å². The minimum absolute atomic E-state index is 0.197. The first-order valence-corrected chi connectivity index (χ1v) is 6.85. The maximum atomic E-state index is 10.4. The van der Waals surface area contributed by atoms with Crippen LogP contribution in [0.1, 0.15) is 41.5 Å². The van der Waals surface area contributed by atoms with Gasteiger partial charge in [-0.2, -0.15) is 0 Å². The third kappa shape index (κ3) is 4.13. The number of aliphatic hydroxyl groups excluding tert-OH is 2. The Bertz CT molecular complexity index is 293. The van der Waals surface area contributed by atoms with Crippen molar-refractivity contribution in [2.45, 2.75) is 77.6 Å². The summed E-state index contributed by atoms with van der Waals surface area (Å²) in [5.74, 6) is 0. The second-order valence-corrected chi connectivity index (χ2v) is 7.41. The van der Waals surface area contributed by atoms with E-state index >= 15 is 0 Å². The first kappa shape index (κ1) is 16.9. The predicted octanol–water partition coefficient (Wildman–Crippen LogP) is 0.664. The Morgan fingerprint density at radius 3 is 2.05 bits per heavy atom. The molecule has 1 fully saturated rings. The monoisotopic (exact) mass is 275 g/mol. The molecular formula is C14H29NO4. The van der Waals surface area contributed by atoms with Crippen molar-refractivity contribution < 1.29 is 19.7 Å². The van der Waals surface area contributed by atoms with Crippen LogP contribution in [0.15, 0.2) is 0 Å². The van der Waals surface area contributed by atoms with Crippen LogP contribution in [0, 0.1) is 5.41 Å². The Morgan fingerprint density at radius 2 is 1.68 bits per heavy atom. The van der Waals surface area contributed by atoms with Crippen LogP contribution in [0.2, 0.25) is 0 Å². The average molecular weight is 275 g/mol. The second-order valence-electron chi connectivity index (χ2n) is 7.41. The van der Waals surface area contributed by atoms with E-state index in [-0.39, 0.29) is 18.1 Å². The molecule has 1 saturated heterocycles. The largest absolute Gasteiger partial charge is 0.394 e. The van der Waals surface area contributed by atoms with Gasteiger partial charge in [-0.25, -0.2) is 0 Å². The third-order valence-electron chi connectivity index (χ3n) is 3.29. The summed E-state index contributed by atoms with van der Waals surface area (Å²) in [7, 11) is 0. The smallest absolute Gasteiger partial charge is 0.114 e. The van der Waals surface area contributed by atoms with E-state index in [2.05, 4.69) is 0 Å². The summed E-state index contributed by atoms with van der Waals surface area (Å²) in [4.78, 5) is 0. The van der Waals surface area contributed by atoms with Gasteiger partial charge in [-0.05, 0) is 26.2 Å². The summed E-state index contributed by atoms with van der Waals surface area (Å²) in [5, 5.41) is 19.9. The Balaban J connectivity index is 2.92. The van der Waals surface area contributed by atoms with Crippen molar-refractivity contribution in [3.63, 3.8) is 0 Å². The first-order chi connectivity index (χ1) is 8.47. The Labute approximate surface area is 116 Å². The molecule has 0 saturated carbocycles. The quantitative estimate of drug-likeness (QED) is 0.689. The summed E-state index contributed by atoms with van der Waals surface area (Å²) in [6.45, 7) is 11.5. The summed E-state index contributed by atoms with van der Waals surface area (Å²) >= 11 is 0. The zero-order valence-electron chi connectivity index (χ0n) is 12.9. The Kier molecular flexibility index (Phi) is 5.02. The molecule has 0 amide bonds. The van der Waals surface area contributed by atoms with Gasteiger partial charge in [0, 0.05) is 0 Å². The molecular weight excluding hydrogens is 246 g/mol. The van der Waals surface area contributed by atoms with E-state index in [1.54, 1.807) is 0 Å². The molecule has 0 radical (unpaired) electrons. The van der Waals surface area contributed by atoms with E-state index in [1.165, 1.54) is 0 Å². The fourth-order valence-electron chi connectivity index (χ4n) is 2.46. The molecule has 5 unspecified atom stereocenters. The Hall–Kier alpha value is -0.200. The van der Waals surface area contributed by atoms with Gasteiger partial charge >= 0.3 is 0 Å². The minimum atomic E-state index is -0.852. The predicted molar refractivity (Wildman–Crippen MR) is 73.8 cm³/mol. The van der Waals surface area contributed by atoms with E-state index < -0.39 is 30.0 Å². The van der Waals surface area contributed by atoms with Crippen LogP contribution in [0.4, 0.5) is 0 Å². The number of rotatable bonds is 2. The van der Waals surface area contributed by atoms with Gasteiger partial charge in [0.25, 0.3) is 0 Å². The normalized spacial score (nSPS) is 37.4. The molecule has 1 rings (SSSR count). The van der Waals surface area contributed by atoms with Crippen LogP contribution in [-0.2, 0) is 9.47 Å². The molecule has 0 spiro atoms. The lowest BCUT2D eigenvalue weighted by molar-refractivity contribution is -0.246. The van der Waals surface area contributed by atoms with Crippen molar-refractivity contribution in [3.8, 4) is 0 Å². The van der Waals surface area contributed by atoms with Crippen LogP contribution in [-0.4, -0.2) is 52.9 Å². The molecule has 4 N–H and O–H groups in total. The number of hydrogen-bond donors (Lipinski definition) is 3. The van der Waals surface area contributed by atoms with E-state index in [4.69, 9.17) is 15.2 Å². The molecule has 0 aliphatic carbocycles. The number of aliphatic hydroxyl groups is 2. The molecule has 0 aromatic rings. The van der Waals surface area contributed by atoms with Gasteiger partial charge in [0.2, 0.25) is 0 Å². The fraction of sp³-hybridized carbons (Fsp3) is 1.00. The number of hydrogen-bond acceptors (Lipinski definition) is 5. The van der Waals surface area contributed by atoms with Crippen molar-refractivity contribution in [3.05, 3.63) is 0 Å². The van der Waals surface area contributed by atoms with Crippen LogP contribution < -0.4 is 5.73 Å². The highest BCUT2D eigenvalue weighted by Crippen LogP contribution is 2.34. The highest BCUT2D eigenvalue weighted by atomic mass is 16.6. The van der Waals surface area contributed by atoms with E-state index in [9.17, 15) is 10.2 Å². The average Bonchev–Trinajstić information content (AvgIpc) is 2.22. The van der Waals surface area contributed by atoms with Gasteiger partial charge in [0.05, 0.1) is 24.4 Å². The highest BCUT2D eigenvalue weighted by Gasteiger charge is 2.48. The van der Waals surface area contributed by atoms with Crippen molar-refractivity contribution >= 4 is 0 Å². The van der Waals surface area contributed by atoms with Gasteiger partial charge in [-0.3, -0.25) is 0 Å². The molecule has 5 nitrogen and oxygen atoms in total. The van der Waals surface area contributed by atoms with Gasteiger partial charge in [-0.15, -0.1) is 0 Å². The van der Waals surface area contributed by atoms with E-state index in [0.29, 0.717) is 0 Å². The minimum Gasteiger partial charge on any atom is -0.394 e. The summed E-state index contributed by atoms with van der Waals surface area (Å²) in [5.41, 5.74) is 5.46. The molecule has 19 heavy (non-hydrogen) atoms. The summed E-state index contributed by atoms with van der Waals surface area (Å²) in [6.07, 6.45) is -2.34. The van der Waals surface area contributed by atoms with Gasteiger partial charge in [0.15, 0.2) is 0 Å². The maximum Gasteiger partial charge on any atom is 0.114 e. The zero-order valence-corrected chi connectivity index (χ0v) is 12.9. The molecule has 0 bridgehead atoms. The SMILES string of the molecule is CC(C)(C)OC1C(CO)OC(C(C)(C)C)C(N)C1O.